The highest BCUT2D eigenvalue weighted by Crippen LogP contribution is 2.31. The van der Waals surface area contributed by atoms with Gasteiger partial charge in [-0.2, -0.15) is 0 Å². The number of aliphatic hydroxyl groups is 1. The minimum atomic E-state index is 0.247. The highest BCUT2D eigenvalue weighted by molar-refractivity contribution is 4.84. The van der Waals surface area contributed by atoms with Gasteiger partial charge in [-0.05, 0) is 44.9 Å². The second-order valence-electron chi connectivity index (χ2n) is 5.82. The van der Waals surface area contributed by atoms with E-state index < -0.39 is 0 Å². The Balaban J connectivity index is 2.50. The monoisotopic (exact) mass is 242 g/mol. The Kier molecular flexibility index (Phi) is 6.45. The van der Waals surface area contributed by atoms with Crippen molar-refractivity contribution in [2.45, 2.75) is 58.5 Å². The summed E-state index contributed by atoms with van der Waals surface area (Å²) in [6.07, 6.45) is 5.03. The quantitative estimate of drug-likeness (QED) is 0.747. The maximum absolute atomic E-state index is 9.11. The van der Waals surface area contributed by atoms with Crippen molar-refractivity contribution in [3.63, 3.8) is 0 Å². The van der Waals surface area contributed by atoms with Crippen molar-refractivity contribution in [3.05, 3.63) is 0 Å². The van der Waals surface area contributed by atoms with Gasteiger partial charge in [0.05, 0.1) is 6.61 Å². The van der Waals surface area contributed by atoms with Crippen LogP contribution in [0.5, 0.6) is 0 Å². The maximum atomic E-state index is 9.11. The molecule has 0 heterocycles. The summed E-state index contributed by atoms with van der Waals surface area (Å²) in [4.78, 5) is 2.36. The van der Waals surface area contributed by atoms with Gasteiger partial charge in [0, 0.05) is 25.2 Å². The predicted molar refractivity (Wildman–Crippen MR) is 72.9 cm³/mol. The van der Waals surface area contributed by atoms with Gasteiger partial charge in [0.2, 0.25) is 0 Å². The van der Waals surface area contributed by atoms with E-state index in [1.807, 2.05) is 0 Å². The Morgan fingerprint density at radius 3 is 2.59 bits per heavy atom. The Bertz CT molecular complexity index is 208. The van der Waals surface area contributed by atoms with Crippen molar-refractivity contribution in [3.8, 4) is 0 Å². The summed E-state index contributed by atoms with van der Waals surface area (Å²) in [5.41, 5.74) is 6.25. The van der Waals surface area contributed by atoms with Gasteiger partial charge in [-0.15, -0.1) is 0 Å². The SMILES string of the molecule is CCC1CCC(N)C(CN(CCO)C(C)C)C1. The van der Waals surface area contributed by atoms with Gasteiger partial charge < -0.3 is 10.8 Å². The van der Waals surface area contributed by atoms with Gasteiger partial charge in [0.15, 0.2) is 0 Å². The van der Waals surface area contributed by atoms with Crippen LogP contribution in [0, 0.1) is 11.8 Å². The smallest absolute Gasteiger partial charge is 0.0558 e. The molecular weight excluding hydrogens is 212 g/mol. The molecule has 1 aliphatic rings. The number of nitrogens with two attached hydrogens (primary N) is 1. The molecule has 102 valence electrons. The number of rotatable bonds is 6. The van der Waals surface area contributed by atoms with Gasteiger partial charge in [-0.25, -0.2) is 0 Å². The molecule has 1 rings (SSSR count). The summed E-state index contributed by atoms with van der Waals surface area (Å²) in [7, 11) is 0. The zero-order valence-corrected chi connectivity index (χ0v) is 11.7. The summed E-state index contributed by atoms with van der Waals surface area (Å²) in [6, 6.07) is 0.856. The second-order valence-corrected chi connectivity index (χ2v) is 5.82. The minimum absolute atomic E-state index is 0.247. The molecule has 0 bridgehead atoms. The average molecular weight is 242 g/mol. The van der Waals surface area contributed by atoms with Crippen molar-refractivity contribution in [2.75, 3.05) is 19.7 Å². The molecule has 0 aromatic rings. The van der Waals surface area contributed by atoms with Crippen molar-refractivity contribution in [1.29, 1.82) is 0 Å². The van der Waals surface area contributed by atoms with E-state index in [1.165, 1.54) is 25.7 Å². The first kappa shape index (κ1) is 14.9. The molecule has 3 N–H and O–H groups in total. The summed E-state index contributed by atoms with van der Waals surface area (Å²) in [6.45, 7) is 8.75. The molecule has 3 heteroatoms. The van der Waals surface area contributed by atoms with E-state index in [0.29, 0.717) is 18.0 Å². The zero-order valence-electron chi connectivity index (χ0n) is 11.7. The van der Waals surface area contributed by atoms with E-state index in [9.17, 15) is 0 Å². The number of hydrogen-bond donors (Lipinski definition) is 2. The van der Waals surface area contributed by atoms with Gasteiger partial charge in [0.1, 0.15) is 0 Å². The first-order chi connectivity index (χ1) is 8.08. The Labute approximate surface area is 106 Å². The minimum Gasteiger partial charge on any atom is -0.395 e. The third-order valence-electron chi connectivity index (χ3n) is 4.31. The van der Waals surface area contributed by atoms with Crippen LogP contribution in [0.4, 0.5) is 0 Å². The summed E-state index contributed by atoms with van der Waals surface area (Å²) in [5.74, 6) is 1.48. The zero-order chi connectivity index (χ0) is 12.8. The fourth-order valence-electron chi connectivity index (χ4n) is 2.96. The highest BCUT2D eigenvalue weighted by Gasteiger charge is 2.29. The van der Waals surface area contributed by atoms with Gasteiger partial charge in [0.25, 0.3) is 0 Å². The molecule has 1 fully saturated rings. The van der Waals surface area contributed by atoms with Gasteiger partial charge in [-0.3, -0.25) is 4.90 Å². The molecule has 0 aromatic carbocycles. The van der Waals surface area contributed by atoms with E-state index in [4.69, 9.17) is 10.8 Å². The molecule has 0 spiro atoms. The molecule has 3 nitrogen and oxygen atoms in total. The van der Waals surface area contributed by atoms with E-state index in [0.717, 1.165) is 19.0 Å². The Morgan fingerprint density at radius 1 is 1.35 bits per heavy atom. The number of aliphatic hydroxyl groups excluding tert-OH is 1. The van der Waals surface area contributed by atoms with Crippen LogP contribution >= 0.6 is 0 Å². The maximum Gasteiger partial charge on any atom is 0.0558 e. The summed E-state index contributed by atoms with van der Waals surface area (Å²) >= 11 is 0. The lowest BCUT2D eigenvalue weighted by Crippen LogP contribution is -2.45. The van der Waals surface area contributed by atoms with Gasteiger partial charge >= 0.3 is 0 Å². The summed E-state index contributed by atoms with van der Waals surface area (Å²) < 4.78 is 0. The average Bonchev–Trinajstić information content (AvgIpc) is 2.31. The van der Waals surface area contributed by atoms with Crippen LogP contribution in [-0.2, 0) is 0 Å². The molecule has 0 aromatic heterocycles. The standard InChI is InChI=1S/C14H30N2O/c1-4-12-5-6-14(15)13(9-12)10-16(7-8-17)11(2)3/h11-14,17H,4-10,15H2,1-3H3. The van der Waals surface area contributed by atoms with Crippen LogP contribution < -0.4 is 5.73 Å². The van der Waals surface area contributed by atoms with Crippen LogP contribution in [-0.4, -0.2) is 41.8 Å². The molecule has 0 aliphatic heterocycles. The first-order valence-corrected chi connectivity index (χ1v) is 7.18. The molecule has 0 amide bonds. The van der Waals surface area contributed by atoms with E-state index in [2.05, 4.69) is 25.7 Å². The van der Waals surface area contributed by atoms with Crippen LogP contribution in [0.25, 0.3) is 0 Å². The molecule has 0 radical (unpaired) electrons. The summed E-state index contributed by atoms with van der Waals surface area (Å²) in [5, 5.41) is 9.11. The van der Waals surface area contributed by atoms with Crippen molar-refractivity contribution in [2.24, 2.45) is 17.6 Å². The lowest BCUT2D eigenvalue weighted by molar-refractivity contribution is 0.111. The predicted octanol–water partition coefficient (Wildman–Crippen LogP) is 1.84. The third kappa shape index (κ3) is 4.57. The Morgan fingerprint density at radius 2 is 2.06 bits per heavy atom. The van der Waals surface area contributed by atoms with E-state index in [1.54, 1.807) is 0 Å². The van der Waals surface area contributed by atoms with E-state index in [-0.39, 0.29) is 6.61 Å². The topological polar surface area (TPSA) is 49.5 Å². The van der Waals surface area contributed by atoms with Crippen LogP contribution in [0.2, 0.25) is 0 Å². The molecule has 1 aliphatic carbocycles. The van der Waals surface area contributed by atoms with Crippen molar-refractivity contribution < 1.29 is 5.11 Å². The normalized spacial score (nSPS) is 30.2. The van der Waals surface area contributed by atoms with Crippen molar-refractivity contribution in [1.82, 2.24) is 4.90 Å². The molecular formula is C14H30N2O. The molecule has 3 unspecified atom stereocenters. The second kappa shape index (κ2) is 7.34. The molecule has 0 saturated heterocycles. The third-order valence-corrected chi connectivity index (χ3v) is 4.31. The van der Waals surface area contributed by atoms with Gasteiger partial charge in [-0.1, -0.05) is 13.3 Å². The molecule has 3 atom stereocenters. The number of hydrogen-bond acceptors (Lipinski definition) is 3. The van der Waals surface area contributed by atoms with Crippen LogP contribution in [0.15, 0.2) is 0 Å². The van der Waals surface area contributed by atoms with Crippen LogP contribution in [0.3, 0.4) is 0 Å². The highest BCUT2D eigenvalue weighted by atomic mass is 16.3. The largest absolute Gasteiger partial charge is 0.395 e. The first-order valence-electron chi connectivity index (χ1n) is 7.18. The van der Waals surface area contributed by atoms with E-state index >= 15 is 0 Å². The van der Waals surface area contributed by atoms with Crippen molar-refractivity contribution >= 4 is 0 Å². The fraction of sp³-hybridized carbons (Fsp3) is 1.00. The Hall–Kier alpha value is -0.120. The molecule has 1 saturated carbocycles. The molecule has 17 heavy (non-hydrogen) atoms. The lowest BCUT2D eigenvalue weighted by Gasteiger charge is -2.38. The number of nitrogens with zero attached hydrogens (tertiary/aromatic N) is 1. The lowest BCUT2D eigenvalue weighted by atomic mass is 9.77. The fourth-order valence-corrected chi connectivity index (χ4v) is 2.96. The van der Waals surface area contributed by atoms with Crippen LogP contribution in [0.1, 0.15) is 46.5 Å².